The summed E-state index contributed by atoms with van der Waals surface area (Å²) in [5.41, 5.74) is 0.725. The lowest BCUT2D eigenvalue weighted by Crippen LogP contribution is -2.44. The summed E-state index contributed by atoms with van der Waals surface area (Å²) < 4.78 is 49.3. The van der Waals surface area contributed by atoms with Gasteiger partial charge in [0.25, 0.3) is 0 Å². The average molecular weight is 368 g/mol. The van der Waals surface area contributed by atoms with Crippen molar-refractivity contribution in [2.75, 3.05) is 26.4 Å². The molecule has 6 heteroatoms. The number of allylic oxidation sites excluding steroid dienone is 1. The molecule has 0 aromatic heterocycles. The number of rotatable bonds is 6. The van der Waals surface area contributed by atoms with Gasteiger partial charge in [0, 0.05) is 12.3 Å². The van der Waals surface area contributed by atoms with Crippen LogP contribution in [0.5, 0.6) is 0 Å². The van der Waals surface area contributed by atoms with Gasteiger partial charge in [-0.15, -0.1) is 0 Å². The van der Waals surface area contributed by atoms with Crippen LogP contribution in [-0.2, 0) is 25.4 Å². The van der Waals surface area contributed by atoms with Gasteiger partial charge < -0.3 is 18.9 Å². The first-order valence-corrected chi connectivity index (χ1v) is 9.22. The second-order valence-electron chi connectivity index (χ2n) is 6.77. The molecule has 0 N–H and O–H groups in total. The number of hydrogen-bond donors (Lipinski definition) is 0. The van der Waals surface area contributed by atoms with Crippen LogP contribution < -0.4 is 0 Å². The molecule has 2 fully saturated rings. The molecule has 0 aliphatic carbocycles. The van der Waals surface area contributed by atoms with E-state index in [1.807, 2.05) is 0 Å². The van der Waals surface area contributed by atoms with Crippen molar-refractivity contribution in [3.8, 4) is 0 Å². The molecule has 2 heterocycles. The standard InChI is InChI=1S/C20H26F2O4/c1-2-3-4-15-10-25-20(26-11-15)16-12-23-19(24-13-16)8-6-14-5-7-17(21)18(22)9-14/h3-5,7,9,15-16,19-20H,2,6,8,10-13H2,1H3/b4-3+. The normalized spacial score (nSPS) is 30.0. The fourth-order valence-corrected chi connectivity index (χ4v) is 3.11. The van der Waals surface area contributed by atoms with E-state index in [9.17, 15) is 8.78 Å². The van der Waals surface area contributed by atoms with E-state index in [1.165, 1.54) is 6.07 Å². The highest BCUT2D eigenvalue weighted by molar-refractivity contribution is 5.17. The third-order valence-corrected chi connectivity index (χ3v) is 4.62. The fraction of sp³-hybridized carbons (Fsp3) is 0.600. The average Bonchev–Trinajstić information content (AvgIpc) is 2.68. The minimum absolute atomic E-state index is 0.0469. The summed E-state index contributed by atoms with van der Waals surface area (Å²) in [6.45, 7) is 4.41. The topological polar surface area (TPSA) is 36.9 Å². The molecule has 2 aliphatic rings. The second kappa shape index (κ2) is 9.55. The number of aryl methyl sites for hydroxylation is 1. The molecule has 2 aliphatic heterocycles. The Balaban J connectivity index is 1.38. The summed E-state index contributed by atoms with van der Waals surface area (Å²) in [5.74, 6) is -1.31. The zero-order valence-corrected chi connectivity index (χ0v) is 15.0. The molecule has 0 amide bonds. The molecular formula is C20H26F2O4. The first-order valence-electron chi connectivity index (χ1n) is 9.22. The fourth-order valence-electron chi connectivity index (χ4n) is 3.11. The molecule has 0 saturated carbocycles. The minimum Gasteiger partial charge on any atom is -0.352 e. The smallest absolute Gasteiger partial charge is 0.164 e. The lowest BCUT2D eigenvalue weighted by atomic mass is 10.1. The molecule has 0 atom stereocenters. The van der Waals surface area contributed by atoms with Crippen molar-refractivity contribution in [2.45, 2.75) is 38.8 Å². The van der Waals surface area contributed by atoms with E-state index in [-0.39, 0.29) is 18.5 Å². The summed E-state index contributed by atoms with van der Waals surface area (Å²) in [6.07, 6.45) is 5.79. The monoisotopic (exact) mass is 368 g/mol. The number of benzene rings is 1. The minimum atomic E-state index is -0.832. The Morgan fingerprint density at radius 1 is 1.00 bits per heavy atom. The van der Waals surface area contributed by atoms with Crippen LogP contribution in [0.2, 0.25) is 0 Å². The molecular weight excluding hydrogens is 342 g/mol. The lowest BCUT2D eigenvalue weighted by molar-refractivity contribution is -0.278. The highest BCUT2D eigenvalue weighted by atomic mass is 19.2. The van der Waals surface area contributed by atoms with Gasteiger partial charge >= 0.3 is 0 Å². The molecule has 2 saturated heterocycles. The predicted molar refractivity (Wildman–Crippen MR) is 92.5 cm³/mol. The van der Waals surface area contributed by atoms with Crippen molar-refractivity contribution >= 4 is 0 Å². The van der Waals surface area contributed by atoms with Crippen molar-refractivity contribution < 1.29 is 27.7 Å². The SMILES string of the molecule is CC/C=C/C1COC(C2COC(CCc3ccc(F)c(F)c3)OC2)OC1. The summed E-state index contributed by atoms with van der Waals surface area (Å²) in [4.78, 5) is 0. The van der Waals surface area contributed by atoms with Crippen LogP contribution in [-0.4, -0.2) is 39.0 Å². The van der Waals surface area contributed by atoms with Crippen molar-refractivity contribution in [3.05, 3.63) is 47.5 Å². The quantitative estimate of drug-likeness (QED) is 0.715. The van der Waals surface area contributed by atoms with Crippen molar-refractivity contribution in [3.63, 3.8) is 0 Å². The summed E-state index contributed by atoms with van der Waals surface area (Å²) in [5, 5.41) is 0. The number of halogens is 2. The van der Waals surface area contributed by atoms with E-state index in [0.29, 0.717) is 45.2 Å². The van der Waals surface area contributed by atoms with Crippen molar-refractivity contribution in [1.29, 1.82) is 0 Å². The Bertz CT molecular complexity index is 591. The van der Waals surface area contributed by atoms with E-state index in [4.69, 9.17) is 18.9 Å². The zero-order chi connectivity index (χ0) is 18.4. The van der Waals surface area contributed by atoms with Gasteiger partial charge in [0.15, 0.2) is 24.2 Å². The molecule has 4 nitrogen and oxygen atoms in total. The van der Waals surface area contributed by atoms with Gasteiger partial charge in [-0.1, -0.05) is 25.1 Å². The first-order chi connectivity index (χ1) is 12.7. The molecule has 144 valence electrons. The van der Waals surface area contributed by atoms with Crippen molar-refractivity contribution in [1.82, 2.24) is 0 Å². The predicted octanol–water partition coefficient (Wildman–Crippen LogP) is 3.84. The van der Waals surface area contributed by atoms with Crippen molar-refractivity contribution in [2.24, 2.45) is 11.8 Å². The summed E-state index contributed by atoms with van der Waals surface area (Å²) in [7, 11) is 0. The lowest BCUT2D eigenvalue weighted by Gasteiger charge is -2.37. The van der Waals surface area contributed by atoms with Gasteiger partial charge in [0.1, 0.15) is 0 Å². The Hall–Kier alpha value is -1.34. The van der Waals surface area contributed by atoms with Crippen LogP contribution in [0.3, 0.4) is 0 Å². The summed E-state index contributed by atoms with van der Waals surface area (Å²) in [6, 6.07) is 3.94. The van der Waals surface area contributed by atoms with Crippen LogP contribution in [0.25, 0.3) is 0 Å². The van der Waals surface area contributed by atoms with E-state index >= 15 is 0 Å². The Labute approximate surface area is 153 Å². The highest BCUT2D eigenvalue weighted by Gasteiger charge is 2.33. The summed E-state index contributed by atoms with van der Waals surface area (Å²) >= 11 is 0. The van der Waals surface area contributed by atoms with Gasteiger partial charge in [0.2, 0.25) is 0 Å². The number of hydrogen-bond acceptors (Lipinski definition) is 4. The van der Waals surface area contributed by atoms with Crippen LogP contribution in [0, 0.1) is 23.5 Å². The highest BCUT2D eigenvalue weighted by Crippen LogP contribution is 2.24. The maximum Gasteiger partial charge on any atom is 0.164 e. The van der Waals surface area contributed by atoms with Gasteiger partial charge in [-0.2, -0.15) is 0 Å². The molecule has 3 rings (SSSR count). The maximum absolute atomic E-state index is 13.2. The van der Waals surface area contributed by atoms with E-state index < -0.39 is 11.6 Å². The molecule has 26 heavy (non-hydrogen) atoms. The zero-order valence-electron chi connectivity index (χ0n) is 15.0. The van der Waals surface area contributed by atoms with Crippen LogP contribution in [0.1, 0.15) is 25.3 Å². The first kappa shape index (κ1) is 19.4. The number of ether oxygens (including phenoxy) is 4. The Morgan fingerprint density at radius 2 is 1.73 bits per heavy atom. The van der Waals surface area contributed by atoms with Gasteiger partial charge in [0.05, 0.1) is 32.3 Å². The van der Waals surface area contributed by atoms with Gasteiger partial charge in [-0.05, 0) is 30.5 Å². The molecule has 0 unspecified atom stereocenters. The van der Waals surface area contributed by atoms with Gasteiger partial charge in [-0.3, -0.25) is 0 Å². The van der Waals surface area contributed by atoms with E-state index in [1.54, 1.807) is 6.07 Å². The van der Waals surface area contributed by atoms with E-state index in [2.05, 4.69) is 19.1 Å². The third-order valence-electron chi connectivity index (χ3n) is 4.62. The Morgan fingerprint density at radius 3 is 2.38 bits per heavy atom. The molecule has 0 spiro atoms. The molecule has 1 aromatic rings. The molecule has 1 aromatic carbocycles. The molecule has 0 radical (unpaired) electrons. The molecule has 0 bridgehead atoms. The van der Waals surface area contributed by atoms with Gasteiger partial charge in [-0.25, -0.2) is 8.78 Å². The van der Waals surface area contributed by atoms with Crippen LogP contribution >= 0.6 is 0 Å². The van der Waals surface area contributed by atoms with E-state index in [0.717, 1.165) is 18.1 Å². The third kappa shape index (κ3) is 5.33. The Kier molecular flexibility index (Phi) is 7.14. The second-order valence-corrected chi connectivity index (χ2v) is 6.77. The largest absolute Gasteiger partial charge is 0.352 e. The maximum atomic E-state index is 13.2. The van der Waals surface area contributed by atoms with Crippen LogP contribution in [0.4, 0.5) is 8.78 Å². The van der Waals surface area contributed by atoms with Crippen LogP contribution in [0.15, 0.2) is 30.4 Å².